The van der Waals surface area contributed by atoms with Gasteiger partial charge in [0.1, 0.15) is 0 Å². The Hall–Kier alpha value is -0.260. The van der Waals surface area contributed by atoms with Gasteiger partial charge in [-0.1, -0.05) is 19.1 Å². The molecule has 1 atom stereocenters. The van der Waals surface area contributed by atoms with Crippen LogP contribution in [0, 0.1) is 12.3 Å². The van der Waals surface area contributed by atoms with Gasteiger partial charge in [0.15, 0.2) is 0 Å². The van der Waals surface area contributed by atoms with Crippen molar-refractivity contribution < 1.29 is 0 Å². The van der Waals surface area contributed by atoms with E-state index in [0.717, 1.165) is 0 Å². The SMILES string of the molecule is [CH2]C1(C)CC/C=C\CCC1. The van der Waals surface area contributed by atoms with Gasteiger partial charge >= 0.3 is 0 Å². The second-order valence-corrected chi connectivity index (χ2v) is 3.71. The van der Waals surface area contributed by atoms with Crippen LogP contribution in [0.25, 0.3) is 0 Å². The molecule has 57 valence electrons. The van der Waals surface area contributed by atoms with Crippen LogP contribution in [0.2, 0.25) is 0 Å². The Bertz CT molecular complexity index is 120. The molecule has 0 aliphatic heterocycles. The molecule has 1 rings (SSSR count). The molecule has 0 nitrogen and oxygen atoms in total. The summed E-state index contributed by atoms with van der Waals surface area (Å²) in [6.07, 6.45) is 10.9. The first-order valence-corrected chi connectivity index (χ1v) is 4.21. The molecular formula is C10H17. The molecule has 1 aliphatic carbocycles. The van der Waals surface area contributed by atoms with Crippen molar-refractivity contribution in [2.75, 3.05) is 0 Å². The van der Waals surface area contributed by atoms with E-state index in [1.807, 2.05) is 0 Å². The van der Waals surface area contributed by atoms with Gasteiger partial charge in [-0.15, -0.1) is 0 Å². The van der Waals surface area contributed by atoms with Gasteiger partial charge in [0.2, 0.25) is 0 Å². The number of rotatable bonds is 0. The van der Waals surface area contributed by atoms with Gasteiger partial charge in [-0.05, 0) is 44.4 Å². The topological polar surface area (TPSA) is 0 Å². The maximum absolute atomic E-state index is 4.20. The summed E-state index contributed by atoms with van der Waals surface area (Å²) >= 11 is 0. The number of hydrogen-bond acceptors (Lipinski definition) is 0. The van der Waals surface area contributed by atoms with Crippen LogP contribution < -0.4 is 0 Å². The third kappa shape index (κ3) is 2.55. The molecule has 1 aliphatic rings. The lowest BCUT2D eigenvalue weighted by Crippen LogP contribution is -2.11. The fourth-order valence-electron chi connectivity index (χ4n) is 1.44. The van der Waals surface area contributed by atoms with Gasteiger partial charge in [0.05, 0.1) is 0 Å². The lowest BCUT2D eigenvalue weighted by atomic mass is 9.81. The van der Waals surface area contributed by atoms with E-state index in [1.165, 1.54) is 32.1 Å². The Morgan fingerprint density at radius 1 is 1.20 bits per heavy atom. The highest BCUT2D eigenvalue weighted by Gasteiger charge is 2.16. The van der Waals surface area contributed by atoms with Crippen LogP contribution in [0.1, 0.15) is 39.0 Å². The molecule has 0 aromatic heterocycles. The molecule has 0 amide bonds. The van der Waals surface area contributed by atoms with Crippen LogP contribution in [0.3, 0.4) is 0 Å². The Balaban J connectivity index is 2.43. The van der Waals surface area contributed by atoms with Gasteiger partial charge in [-0.25, -0.2) is 0 Å². The zero-order valence-electron chi connectivity index (χ0n) is 6.90. The summed E-state index contributed by atoms with van der Waals surface area (Å²) in [6.45, 7) is 6.47. The highest BCUT2D eigenvalue weighted by atomic mass is 14.2. The number of hydrogen-bond donors (Lipinski definition) is 0. The predicted molar refractivity (Wildman–Crippen MR) is 45.7 cm³/mol. The van der Waals surface area contributed by atoms with Crippen molar-refractivity contribution in [3.63, 3.8) is 0 Å². The van der Waals surface area contributed by atoms with Crippen LogP contribution in [0.5, 0.6) is 0 Å². The van der Waals surface area contributed by atoms with Crippen LogP contribution in [-0.2, 0) is 0 Å². The fraction of sp³-hybridized carbons (Fsp3) is 0.700. The van der Waals surface area contributed by atoms with E-state index < -0.39 is 0 Å². The summed E-state index contributed by atoms with van der Waals surface area (Å²) in [7, 11) is 0. The summed E-state index contributed by atoms with van der Waals surface area (Å²) in [5, 5.41) is 0. The average Bonchev–Trinajstić information content (AvgIpc) is 1.81. The second-order valence-electron chi connectivity index (χ2n) is 3.71. The summed E-state index contributed by atoms with van der Waals surface area (Å²) in [4.78, 5) is 0. The lowest BCUT2D eigenvalue weighted by molar-refractivity contribution is 0.345. The molecule has 0 saturated heterocycles. The third-order valence-electron chi connectivity index (χ3n) is 2.23. The zero-order chi connectivity index (χ0) is 7.45. The van der Waals surface area contributed by atoms with Crippen LogP contribution in [-0.4, -0.2) is 0 Å². The summed E-state index contributed by atoms with van der Waals surface area (Å²) in [6, 6.07) is 0. The fourth-order valence-corrected chi connectivity index (χ4v) is 1.44. The van der Waals surface area contributed by atoms with Crippen molar-refractivity contribution in [1.82, 2.24) is 0 Å². The van der Waals surface area contributed by atoms with E-state index in [2.05, 4.69) is 26.0 Å². The molecule has 0 heteroatoms. The maximum Gasteiger partial charge on any atom is -0.0323 e. The molecule has 0 bridgehead atoms. The first-order valence-electron chi connectivity index (χ1n) is 4.21. The molecule has 0 aromatic rings. The van der Waals surface area contributed by atoms with E-state index in [0.29, 0.717) is 5.41 Å². The Morgan fingerprint density at radius 2 is 1.90 bits per heavy atom. The molecule has 0 N–H and O–H groups in total. The van der Waals surface area contributed by atoms with E-state index in [9.17, 15) is 0 Å². The van der Waals surface area contributed by atoms with Gasteiger partial charge < -0.3 is 0 Å². The average molecular weight is 137 g/mol. The van der Waals surface area contributed by atoms with Gasteiger partial charge in [0.25, 0.3) is 0 Å². The zero-order valence-corrected chi connectivity index (χ0v) is 6.90. The normalized spacial score (nSPS) is 28.6. The van der Waals surface area contributed by atoms with Crippen molar-refractivity contribution >= 4 is 0 Å². The highest BCUT2D eigenvalue weighted by Crippen LogP contribution is 2.30. The van der Waals surface area contributed by atoms with Gasteiger partial charge in [0, 0.05) is 0 Å². The summed E-state index contributed by atoms with van der Waals surface area (Å²) < 4.78 is 0. The molecule has 0 fully saturated rings. The standard InChI is InChI=1S/C10H17/c1-10(2)8-6-4-3-5-7-9-10/h3-4H,1,5-9H2,2H3/b4-3-. The van der Waals surface area contributed by atoms with Crippen molar-refractivity contribution in [1.29, 1.82) is 0 Å². The van der Waals surface area contributed by atoms with Crippen molar-refractivity contribution in [2.24, 2.45) is 5.41 Å². The molecule has 0 spiro atoms. The van der Waals surface area contributed by atoms with Crippen molar-refractivity contribution in [3.8, 4) is 0 Å². The first-order chi connectivity index (χ1) is 4.71. The van der Waals surface area contributed by atoms with Crippen molar-refractivity contribution in [2.45, 2.75) is 39.0 Å². The Kier molecular flexibility index (Phi) is 2.53. The predicted octanol–water partition coefficient (Wildman–Crippen LogP) is 3.35. The first kappa shape index (κ1) is 7.84. The van der Waals surface area contributed by atoms with Crippen molar-refractivity contribution in [3.05, 3.63) is 19.1 Å². The quantitative estimate of drug-likeness (QED) is 0.449. The van der Waals surface area contributed by atoms with E-state index in [4.69, 9.17) is 0 Å². The monoisotopic (exact) mass is 137 g/mol. The molecule has 0 aromatic carbocycles. The Labute approximate surface area is 64.3 Å². The smallest absolute Gasteiger partial charge is 0.0323 e. The van der Waals surface area contributed by atoms with E-state index >= 15 is 0 Å². The maximum atomic E-state index is 4.20. The molecule has 0 saturated carbocycles. The number of allylic oxidation sites excluding steroid dienone is 2. The minimum Gasteiger partial charge on any atom is -0.0885 e. The summed E-state index contributed by atoms with van der Waals surface area (Å²) in [5.74, 6) is 0. The second kappa shape index (κ2) is 3.23. The molecule has 1 unspecified atom stereocenters. The Morgan fingerprint density at radius 3 is 2.70 bits per heavy atom. The van der Waals surface area contributed by atoms with E-state index in [-0.39, 0.29) is 0 Å². The van der Waals surface area contributed by atoms with Gasteiger partial charge in [-0.2, -0.15) is 0 Å². The largest absolute Gasteiger partial charge is 0.0885 e. The molecule has 0 heterocycles. The van der Waals surface area contributed by atoms with Crippen LogP contribution >= 0.6 is 0 Å². The lowest BCUT2D eigenvalue weighted by Gasteiger charge is -2.24. The van der Waals surface area contributed by atoms with Gasteiger partial charge in [-0.3, -0.25) is 0 Å². The summed E-state index contributed by atoms with van der Waals surface area (Å²) in [5.41, 5.74) is 0.352. The molecular weight excluding hydrogens is 120 g/mol. The third-order valence-corrected chi connectivity index (χ3v) is 2.23. The minimum absolute atomic E-state index is 0.352. The van der Waals surface area contributed by atoms with E-state index in [1.54, 1.807) is 0 Å². The van der Waals surface area contributed by atoms with Crippen LogP contribution in [0.4, 0.5) is 0 Å². The van der Waals surface area contributed by atoms with Crippen LogP contribution in [0.15, 0.2) is 12.2 Å². The molecule has 1 radical (unpaired) electrons. The minimum atomic E-state index is 0.352. The highest BCUT2D eigenvalue weighted by molar-refractivity contribution is 4.89. The molecule has 10 heavy (non-hydrogen) atoms.